The SMILES string of the molecule is CC(CC=O)c1ccc2c(c1)OC(C)(C)S2. The lowest BCUT2D eigenvalue weighted by Crippen LogP contribution is -2.18. The summed E-state index contributed by atoms with van der Waals surface area (Å²) in [6.45, 7) is 6.18. The largest absolute Gasteiger partial charge is 0.476 e. The molecule has 1 aromatic carbocycles. The van der Waals surface area contributed by atoms with Crippen LogP contribution in [0.2, 0.25) is 0 Å². The average Bonchev–Trinajstić information content (AvgIpc) is 2.50. The van der Waals surface area contributed by atoms with Crippen molar-refractivity contribution in [1.82, 2.24) is 0 Å². The maximum atomic E-state index is 10.5. The van der Waals surface area contributed by atoms with Gasteiger partial charge in [0.15, 0.2) is 4.93 Å². The Kier molecular flexibility index (Phi) is 2.98. The highest BCUT2D eigenvalue weighted by molar-refractivity contribution is 8.00. The Bertz CT molecular complexity index is 412. The minimum Gasteiger partial charge on any atom is -0.476 e. The number of hydrogen-bond acceptors (Lipinski definition) is 3. The second kappa shape index (κ2) is 4.13. The van der Waals surface area contributed by atoms with Crippen molar-refractivity contribution in [3.63, 3.8) is 0 Å². The molecule has 2 rings (SSSR count). The molecule has 86 valence electrons. The van der Waals surface area contributed by atoms with Gasteiger partial charge in [-0.15, -0.1) is 0 Å². The molecule has 2 nitrogen and oxygen atoms in total. The van der Waals surface area contributed by atoms with Gasteiger partial charge in [-0.2, -0.15) is 0 Å². The Morgan fingerprint density at radius 2 is 2.25 bits per heavy atom. The number of carbonyl (C=O) groups excluding carboxylic acids is 1. The predicted molar refractivity (Wildman–Crippen MR) is 66.1 cm³/mol. The van der Waals surface area contributed by atoms with Gasteiger partial charge < -0.3 is 9.53 Å². The molecule has 1 heterocycles. The number of aldehydes is 1. The van der Waals surface area contributed by atoms with Crippen molar-refractivity contribution in [1.29, 1.82) is 0 Å². The number of fused-ring (bicyclic) bond motifs is 1. The van der Waals surface area contributed by atoms with E-state index in [0.717, 1.165) is 12.0 Å². The first-order valence-corrected chi connectivity index (χ1v) is 6.29. The minimum atomic E-state index is -0.172. The van der Waals surface area contributed by atoms with Gasteiger partial charge in [0.1, 0.15) is 12.0 Å². The van der Waals surface area contributed by atoms with Gasteiger partial charge in [-0.05, 0) is 37.5 Å². The van der Waals surface area contributed by atoms with Gasteiger partial charge in [-0.3, -0.25) is 0 Å². The molecule has 0 saturated carbocycles. The highest BCUT2D eigenvalue weighted by Gasteiger charge is 2.31. The fourth-order valence-corrected chi connectivity index (χ4v) is 2.82. The maximum absolute atomic E-state index is 10.5. The number of ether oxygens (including phenoxy) is 1. The fraction of sp³-hybridized carbons (Fsp3) is 0.462. The monoisotopic (exact) mass is 236 g/mol. The molecule has 0 fully saturated rings. The van der Waals surface area contributed by atoms with Crippen molar-refractivity contribution in [2.24, 2.45) is 0 Å². The zero-order valence-corrected chi connectivity index (χ0v) is 10.6. The summed E-state index contributed by atoms with van der Waals surface area (Å²) in [5.41, 5.74) is 1.17. The van der Waals surface area contributed by atoms with E-state index in [9.17, 15) is 4.79 Å². The van der Waals surface area contributed by atoms with E-state index < -0.39 is 0 Å². The van der Waals surface area contributed by atoms with Crippen molar-refractivity contribution < 1.29 is 9.53 Å². The molecule has 0 bridgehead atoms. The summed E-state index contributed by atoms with van der Waals surface area (Å²) in [5, 5.41) is 0. The summed E-state index contributed by atoms with van der Waals surface area (Å²) >= 11 is 1.74. The zero-order chi connectivity index (χ0) is 11.8. The van der Waals surface area contributed by atoms with E-state index in [0.29, 0.717) is 6.42 Å². The predicted octanol–water partition coefficient (Wildman–Crippen LogP) is 3.60. The van der Waals surface area contributed by atoms with Gasteiger partial charge in [-0.1, -0.05) is 24.8 Å². The van der Waals surface area contributed by atoms with Gasteiger partial charge in [0.25, 0.3) is 0 Å². The van der Waals surface area contributed by atoms with E-state index in [1.165, 1.54) is 10.5 Å². The van der Waals surface area contributed by atoms with Crippen molar-refractivity contribution in [3.8, 4) is 5.75 Å². The standard InChI is InChI=1S/C13H16O2S/c1-9(6-7-14)10-4-5-12-11(8-10)15-13(2,3)16-12/h4-5,7-9H,6H2,1-3H3. The minimum absolute atomic E-state index is 0.172. The van der Waals surface area contributed by atoms with Crippen LogP contribution in [0.4, 0.5) is 0 Å². The quantitative estimate of drug-likeness (QED) is 0.750. The fourth-order valence-electron chi connectivity index (χ4n) is 1.83. The molecule has 16 heavy (non-hydrogen) atoms. The Hall–Kier alpha value is -0.960. The molecule has 0 N–H and O–H groups in total. The van der Waals surface area contributed by atoms with Gasteiger partial charge >= 0.3 is 0 Å². The van der Waals surface area contributed by atoms with E-state index in [2.05, 4.69) is 39.0 Å². The molecule has 0 aliphatic carbocycles. The number of thioether (sulfide) groups is 1. The molecule has 0 spiro atoms. The molecule has 1 aliphatic rings. The van der Waals surface area contributed by atoms with Crippen LogP contribution in [0.3, 0.4) is 0 Å². The Morgan fingerprint density at radius 1 is 1.50 bits per heavy atom. The first-order chi connectivity index (χ1) is 7.52. The van der Waals surface area contributed by atoms with Crippen LogP contribution >= 0.6 is 11.8 Å². The molecule has 1 aromatic rings. The molecule has 1 unspecified atom stereocenters. The highest BCUT2D eigenvalue weighted by Crippen LogP contribution is 2.47. The number of hydrogen-bond donors (Lipinski definition) is 0. The zero-order valence-electron chi connectivity index (χ0n) is 9.82. The number of rotatable bonds is 3. The second-order valence-corrected chi connectivity index (χ2v) is 6.24. The molecule has 1 aliphatic heterocycles. The molecular formula is C13H16O2S. The van der Waals surface area contributed by atoms with Crippen molar-refractivity contribution in [2.75, 3.05) is 0 Å². The molecule has 0 saturated heterocycles. The van der Waals surface area contributed by atoms with E-state index in [-0.39, 0.29) is 10.9 Å². The van der Waals surface area contributed by atoms with Gasteiger partial charge in [0, 0.05) is 6.42 Å². The lowest BCUT2D eigenvalue weighted by molar-refractivity contribution is -0.108. The third kappa shape index (κ3) is 2.24. The topological polar surface area (TPSA) is 26.3 Å². The Labute approximate surface area is 100 Å². The Balaban J connectivity index is 2.25. The summed E-state index contributed by atoms with van der Waals surface area (Å²) in [5.74, 6) is 1.21. The molecule has 0 amide bonds. The van der Waals surface area contributed by atoms with Gasteiger partial charge in [-0.25, -0.2) is 0 Å². The molecule has 3 heteroatoms. The third-order valence-corrected chi connectivity index (χ3v) is 3.83. The van der Waals surface area contributed by atoms with E-state index in [1.807, 2.05) is 0 Å². The van der Waals surface area contributed by atoms with Crippen LogP contribution in [-0.2, 0) is 4.79 Å². The smallest absolute Gasteiger partial charge is 0.153 e. The van der Waals surface area contributed by atoms with Crippen LogP contribution in [0.5, 0.6) is 5.75 Å². The molecule has 0 radical (unpaired) electrons. The van der Waals surface area contributed by atoms with Crippen molar-refractivity contribution >= 4 is 18.0 Å². The summed E-state index contributed by atoms with van der Waals surface area (Å²) in [6, 6.07) is 6.24. The van der Waals surface area contributed by atoms with Gasteiger partial charge in [0.2, 0.25) is 0 Å². The summed E-state index contributed by atoms with van der Waals surface area (Å²) in [4.78, 5) is 11.5. The highest BCUT2D eigenvalue weighted by atomic mass is 32.2. The van der Waals surface area contributed by atoms with Crippen molar-refractivity contribution in [2.45, 2.75) is 42.9 Å². The van der Waals surface area contributed by atoms with Crippen molar-refractivity contribution in [3.05, 3.63) is 23.8 Å². The lowest BCUT2D eigenvalue weighted by Gasteiger charge is -2.15. The van der Waals surface area contributed by atoms with Crippen LogP contribution in [0.15, 0.2) is 23.1 Å². The first-order valence-electron chi connectivity index (χ1n) is 5.47. The van der Waals surface area contributed by atoms with Crippen LogP contribution in [0, 0.1) is 0 Å². The molecule has 0 aromatic heterocycles. The lowest BCUT2D eigenvalue weighted by atomic mass is 9.98. The van der Waals surface area contributed by atoms with Crippen LogP contribution in [-0.4, -0.2) is 11.2 Å². The second-order valence-electron chi connectivity index (χ2n) is 4.61. The molecule has 1 atom stereocenters. The van der Waals surface area contributed by atoms with E-state index >= 15 is 0 Å². The number of benzene rings is 1. The summed E-state index contributed by atoms with van der Waals surface area (Å²) < 4.78 is 5.84. The van der Waals surface area contributed by atoms with Crippen LogP contribution in [0.25, 0.3) is 0 Å². The third-order valence-electron chi connectivity index (χ3n) is 2.70. The van der Waals surface area contributed by atoms with Crippen LogP contribution < -0.4 is 4.74 Å². The number of carbonyl (C=O) groups is 1. The summed E-state index contributed by atoms with van der Waals surface area (Å²) in [6.07, 6.45) is 1.53. The van der Waals surface area contributed by atoms with E-state index in [1.54, 1.807) is 11.8 Å². The van der Waals surface area contributed by atoms with Crippen LogP contribution in [0.1, 0.15) is 38.7 Å². The molecular weight excluding hydrogens is 220 g/mol. The average molecular weight is 236 g/mol. The Morgan fingerprint density at radius 3 is 2.94 bits per heavy atom. The normalized spacial score (nSPS) is 18.7. The first kappa shape index (κ1) is 11.5. The van der Waals surface area contributed by atoms with Gasteiger partial charge in [0.05, 0.1) is 4.90 Å². The summed E-state index contributed by atoms with van der Waals surface area (Å²) in [7, 11) is 0. The van der Waals surface area contributed by atoms with E-state index in [4.69, 9.17) is 4.74 Å². The maximum Gasteiger partial charge on any atom is 0.153 e.